The van der Waals surface area contributed by atoms with Crippen molar-refractivity contribution in [2.45, 2.75) is 29.8 Å². The van der Waals surface area contributed by atoms with Gasteiger partial charge in [-0.05, 0) is 37.3 Å². The van der Waals surface area contributed by atoms with Gasteiger partial charge < -0.3 is 4.74 Å². The SMILES string of the molecule is Cc1ccc(S(=O)(=O)N2CCC(F)(F)C3(CO3)c3cc(Cl)ccc32)cc1. The molecule has 1 unspecified atom stereocenters. The first-order valence-electron chi connectivity index (χ1n) is 8.09. The van der Waals surface area contributed by atoms with Gasteiger partial charge in [-0.3, -0.25) is 4.31 Å². The van der Waals surface area contributed by atoms with Gasteiger partial charge in [0.2, 0.25) is 0 Å². The van der Waals surface area contributed by atoms with Crippen LogP contribution >= 0.6 is 11.6 Å². The number of nitrogens with zero attached hydrogens (tertiary/aromatic N) is 1. The maximum absolute atomic E-state index is 14.7. The Bertz CT molecular complexity index is 972. The molecule has 2 heterocycles. The van der Waals surface area contributed by atoms with E-state index >= 15 is 0 Å². The van der Waals surface area contributed by atoms with Crippen LogP contribution in [-0.4, -0.2) is 27.5 Å². The van der Waals surface area contributed by atoms with Gasteiger partial charge in [0.25, 0.3) is 15.9 Å². The Kier molecular flexibility index (Phi) is 3.84. The van der Waals surface area contributed by atoms with Crippen molar-refractivity contribution in [2.24, 2.45) is 0 Å². The second-order valence-corrected chi connectivity index (χ2v) is 8.92. The zero-order chi connectivity index (χ0) is 18.7. The lowest BCUT2D eigenvalue weighted by molar-refractivity contribution is -0.0801. The van der Waals surface area contributed by atoms with E-state index in [4.69, 9.17) is 16.3 Å². The first kappa shape index (κ1) is 17.7. The molecule has 0 saturated carbocycles. The van der Waals surface area contributed by atoms with Crippen molar-refractivity contribution in [3.8, 4) is 0 Å². The summed E-state index contributed by atoms with van der Waals surface area (Å²) in [5.74, 6) is -3.19. The van der Waals surface area contributed by atoms with Gasteiger partial charge in [-0.25, -0.2) is 17.2 Å². The van der Waals surface area contributed by atoms with Crippen LogP contribution in [0.15, 0.2) is 47.4 Å². The molecule has 0 bridgehead atoms. The number of fused-ring (bicyclic) bond motifs is 2. The number of aryl methyl sites for hydroxylation is 1. The monoisotopic (exact) mass is 399 g/mol. The fourth-order valence-corrected chi connectivity index (χ4v) is 4.99. The minimum atomic E-state index is -4.00. The summed E-state index contributed by atoms with van der Waals surface area (Å²) >= 11 is 6.01. The topological polar surface area (TPSA) is 49.9 Å². The van der Waals surface area contributed by atoms with E-state index < -0.39 is 28.0 Å². The molecule has 2 aromatic rings. The molecule has 0 aliphatic carbocycles. The van der Waals surface area contributed by atoms with Crippen LogP contribution in [0.25, 0.3) is 0 Å². The molecular weight excluding hydrogens is 384 g/mol. The van der Waals surface area contributed by atoms with Crippen LogP contribution in [0.3, 0.4) is 0 Å². The Balaban J connectivity index is 1.89. The summed E-state index contributed by atoms with van der Waals surface area (Å²) in [6.45, 7) is 1.34. The van der Waals surface area contributed by atoms with Crippen molar-refractivity contribution in [3.05, 3.63) is 58.6 Å². The van der Waals surface area contributed by atoms with Crippen molar-refractivity contribution in [2.75, 3.05) is 17.5 Å². The van der Waals surface area contributed by atoms with Crippen molar-refractivity contribution < 1.29 is 21.9 Å². The van der Waals surface area contributed by atoms with Gasteiger partial charge in [-0.2, -0.15) is 0 Å². The number of hydrogen-bond donors (Lipinski definition) is 0. The van der Waals surface area contributed by atoms with Crippen LogP contribution in [0.2, 0.25) is 5.02 Å². The molecule has 1 fully saturated rings. The molecule has 138 valence electrons. The normalized spacial score (nSPS) is 24.2. The molecule has 8 heteroatoms. The highest BCUT2D eigenvalue weighted by Gasteiger charge is 2.67. The molecule has 4 rings (SSSR count). The number of hydrogen-bond acceptors (Lipinski definition) is 3. The van der Waals surface area contributed by atoms with Gasteiger partial charge in [0.05, 0.1) is 17.2 Å². The number of anilines is 1. The number of rotatable bonds is 2. The first-order valence-corrected chi connectivity index (χ1v) is 9.90. The van der Waals surface area contributed by atoms with Crippen LogP contribution in [-0.2, 0) is 20.4 Å². The summed E-state index contributed by atoms with van der Waals surface area (Å²) in [5, 5.41) is 0.254. The molecule has 0 N–H and O–H groups in total. The predicted molar refractivity (Wildman–Crippen MR) is 94.4 cm³/mol. The lowest BCUT2D eigenvalue weighted by Crippen LogP contribution is -2.36. The van der Waals surface area contributed by atoms with E-state index in [1.54, 1.807) is 12.1 Å². The zero-order valence-electron chi connectivity index (χ0n) is 13.9. The number of benzene rings is 2. The fourth-order valence-electron chi connectivity index (χ4n) is 3.34. The minimum Gasteiger partial charge on any atom is -0.358 e. The molecule has 2 aromatic carbocycles. The van der Waals surface area contributed by atoms with Crippen molar-refractivity contribution >= 4 is 27.3 Å². The van der Waals surface area contributed by atoms with Crippen LogP contribution < -0.4 is 4.31 Å². The lowest BCUT2D eigenvalue weighted by atomic mass is 9.91. The van der Waals surface area contributed by atoms with Gasteiger partial charge in [-0.1, -0.05) is 29.3 Å². The molecular formula is C18H16ClF2NO3S. The van der Waals surface area contributed by atoms with E-state index in [0.717, 1.165) is 9.87 Å². The molecule has 0 aromatic heterocycles. The second kappa shape index (κ2) is 5.65. The van der Waals surface area contributed by atoms with Crippen molar-refractivity contribution in [1.29, 1.82) is 0 Å². The summed E-state index contributed by atoms with van der Waals surface area (Å²) in [5.41, 5.74) is -0.596. The Morgan fingerprint density at radius 3 is 2.42 bits per heavy atom. The predicted octanol–water partition coefficient (Wildman–Crippen LogP) is 4.11. The second-order valence-electron chi connectivity index (χ2n) is 6.62. The summed E-state index contributed by atoms with van der Waals surface area (Å²) < 4.78 is 62.0. The fraction of sp³-hybridized carbons (Fsp3) is 0.333. The van der Waals surface area contributed by atoms with Gasteiger partial charge in [-0.15, -0.1) is 0 Å². The van der Waals surface area contributed by atoms with Crippen LogP contribution in [0.4, 0.5) is 14.5 Å². The highest BCUT2D eigenvalue weighted by Crippen LogP contribution is 2.57. The van der Waals surface area contributed by atoms with E-state index in [1.807, 2.05) is 6.92 Å². The number of sulfonamides is 1. The summed E-state index contributed by atoms with van der Waals surface area (Å²) in [6.07, 6.45) is -0.635. The third-order valence-corrected chi connectivity index (χ3v) is 6.99. The van der Waals surface area contributed by atoms with Crippen molar-refractivity contribution in [1.82, 2.24) is 0 Å². The number of alkyl halides is 2. The van der Waals surface area contributed by atoms with Crippen LogP contribution in [0.5, 0.6) is 0 Å². The molecule has 2 aliphatic heterocycles. The maximum Gasteiger partial charge on any atom is 0.284 e. The van der Waals surface area contributed by atoms with Gasteiger partial charge in [0.15, 0.2) is 5.60 Å². The van der Waals surface area contributed by atoms with E-state index in [2.05, 4.69) is 0 Å². The summed E-state index contributed by atoms with van der Waals surface area (Å²) in [6, 6.07) is 10.6. The third-order valence-electron chi connectivity index (χ3n) is 4.92. The molecule has 0 amide bonds. The highest BCUT2D eigenvalue weighted by atomic mass is 35.5. The molecule has 1 atom stereocenters. The standard InChI is InChI=1S/C18H16ClF2NO3S/c1-12-2-5-14(6-3-12)26(23,24)22-9-8-18(20,21)17(11-25-17)15-10-13(19)4-7-16(15)22/h2-7,10H,8-9,11H2,1H3. The summed E-state index contributed by atoms with van der Waals surface area (Å²) in [4.78, 5) is 0.0555. The minimum absolute atomic E-state index is 0.0555. The van der Waals surface area contributed by atoms with Crippen LogP contribution in [0, 0.1) is 6.92 Å². The first-order chi connectivity index (χ1) is 12.2. The largest absolute Gasteiger partial charge is 0.358 e. The number of epoxide rings is 1. The van der Waals surface area contributed by atoms with E-state index in [0.29, 0.717) is 0 Å². The molecule has 1 saturated heterocycles. The molecule has 4 nitrogen and oxygen atoms in total. The highest BCUT2D eigenvalue weighted by molar-refractivity contribution is 7.92. The average molecular weight is 400 g/mol. The molecule has 0 radical (unpaired) electrons. The Labute approximate surface area is 155 Å². The van der Waals surface area contributed by atoms with Gasteiger partial charge >= 0.3 is 0 Å². The third kappa shape index (κ3) is 2.52. The number of halogens is 3. The van der Waals surface area contributed by atoms with Crippen LogP contribution in [0.1, 0.15) is 17.5 Å². The molecule has 26 heavy (non-hydrogen) atoms. The lowest BCUT2D eigenvalue weighted by Gasteiger charge is -2.25. The Morgan fingerprint density at radius 2 is 1.81 bits per heavy atom. The smallest absolute Gasteiger partial charge is 0.284 e. The number of ether oxygens (including phenoxy) is 1. The molecule has 1 spiro atoms. The zero-order valence-corrected chi connectivity index (χ0v) is 15.4. The summed E-state index contributed by atoms with van der Waals surface area (Å²) in [7, 11) is -4.00. The average Bonchev–Trinajstić information content (AvgIpc) is 3.38. The Hall–Kier alpha value is -1.70. The molecule has 2 aliphatic rings. The Morgan fingerprint density at radius 1 is 1.15 bits per heavy atom. The van der Waals surface area contributed by atoms with E-state index in [-0.39, 0.29) is 34.3 Å². The quantitative estimate of drug-likeness (QED) is 0.714. The van der Waals surface area contributed by atoms with Gasteiger partial charge in [0, 0.05) is 23.6 Å². The van der Waals surface area contributed by atoms with E-state index in [1.165, 1.54) is 30.3 Å². The van der Waals surface area contributed by atoms with E-state index in [9.17, 15) is 17.2 Å². The maximum atomic E-state index is 14.7. The van der Waals surface area contributed by atoms with Crippen molar-refractivity contribution in [3.63, 3.8) is 0 Å². The van der Waals surface area contributed by atoms with Gasteiger partial charge in [0.1, 0.15) is 0 Å².